The molecule has 1 aromatic carbocycles. The van der Waals surface area contributed by atoms with Gasteiger partial charge in [-0.05, 0) is 30.3 Å². The zero-order valence-corrected chi connectivity index (χ0v) is 10.3. The summed E-state index contributed by atoms with van der Waals surface area (Å²) in [6, 6.07) is 12.6. The molecule has 0 unspecified atom stereocenters. The predicted molar refractivity (Wildman–Crippen MR) is 73.2 cm³/mol. The zero-order chi connectivity index (χ0) is 13.7. The first-order valence-corrected chi connectivity index (χ1v) is 5.89. The van der Waals surface area contributed by atoms with Crippen LogP contribution < -0.4 is 11.1 Å². The van der Waals surface area contributed by atoms with Gasteiger partial charge in [0, 0.05) is 30.5 Å². The third kappa shape index (κ3) is 3.36. The van der Waals surface area contributed by atoms with Crippen molar-refractivity contribution in [1.29, 1.82) is 5.26 Å². The van der Waals surface area contributed by atoms with Crippen molar-refractivity contribution in [3.63, 3.8) is 0 Å². The number of nitriles is 1. The predicted octanol–water partition coefficient (Wildman–Crippen LogP) is 1.97. The summed E-state index contributed by atoms with van der Waals surface area (Å²) in [5, 5.41) is 11.6. The topological polar surface area (TPSA) is 83.8 Å². The minimum Gasteiger partial charge on any atom is -0.399 e. The van der Waals surface area contributed by atoms with Crippen molar-refractivity contribution in [2.75, 3.05) is 11.1 Å². The number of amides is 1. The van der Waals surface area contributed by atoms with Crippen molar-refractivity contribution in [2.24, 2.45) is 0 Å². The normalized spacial score (nSPS) is 9.84. The first kappa shape index (κ1) is 12.7. The summed E-state index contributed by atoms with van der Waals surface area (Å²) >= 11 is 0. The molecular formula is C14H14N4O. The smallest absolute Gasteiger partial charge is 0.226 e. The molecular weight excluding hydrogens is 240 g/mol. The second-order valence-corrected chi connectivity index (χ2v) is 4.12. The maximum Gasteiger partial charge on any atom is 0.226 e. The molecule has 5 heteroatoms. The maximum absolute atomic E-state index is 11.8. The Balaban J connectivity index is 1.90. The molecule has 3 N–H and O–H groups in total. The molecule has 96 valence electrons. The summed E-state index contributed by atoms with van der Waals surface area (Å²) in [6.45, 7) is 0.476. The first-order chi connectivity index (χ1) is 9.19. The Kier molecular flexibility index (Phi) is 3.84. The number of aryl methyl sites for hydroxylation is 1. The number of nitrogens with two attached hydrogens (primary N) is 1. The van der Waals surface area contributed by atoms with Crippen molar-refractivity contribution in [1.82, 2.24) is 4.57 Å². The van der Waals surface area contributed by atoms with Gasteiger partial charge in [-0.15, -0.1) is 0 Å². The van der Waals surface area contributed by atoms with E-state index in [1.807, 2.05) is 0 Å². The van der Waals surface area contributed by atoms with E-state index in [1.165, 1.54) is 0 Å². The van der Waals surface area contributed by atoms with Crippen LogP contribution in [0.15, 0.2) is 42.6 Å². The monoisotopic (exact) mass is 254 g/mol. The van der Waals surface area contributed by atoms with E-state index in [0.29, 0.717) is 30.0 Å². The van der Waals surface area contributed by atoms with E-state index in [1.54, 1.807) is 47.2 Å². The lowest BCUT2D eigenvalue weighted by molar-refractivity contribution is -0.116. The Hall–Kier alpha value is -2.74. The van der Waals surface area contributed by atoms with Crippen molar-refractivity contribution in [2.45, 2.75) is 13.0 Å². The molecule has 0 atom stereocenters. The lowest BCUT2D eigenvalue weighted by atomic mass is 10.2. The molecule has 2 aromatic rings. The minimum absolute atomic E-state index is 0.108. The van der Waals surface area contributed by atoms with Crippen LogP contribution >= 0.6 is 0 Å². The van der Waals surface area contributed by atoms with Gasteiger partial charge in [0.1, 0.15) is 11.8 Å². The number of aromatic nitrogens is 1. The van der Waals surface area contributed by atoms with Crippen LogP contribution in [0.25, 0.3) is 0 Å². The van der Waals surface area contributed by atoms with Crippen LogP contribution in [0.1, 0.15) is 12.1 Å². The van der Waals surface area contributed by atoms with Gasteiger partial charge >= 0.3 is 0 Å². The van der Waals surface area contributed by atoms with Gasteiger partial charge in [-0.1, -0.05) is 6.07 Å². The molecule has 0 fully saturated rings. The number of carbonyl (C=O) groups is 1. The van der Waals surface area contributed by atoms with Crippen molar-refractivity contribution >= 4 is 17.3 Å². The summed E-state index contributed by atoms with van der Waals surface area (Å²) in [5.74, 6) is -0.108. The number of benzene rings is 1. The minimum atomic E-state index is -0.108. The third-order valence-electron chi connectivity index (χ3n) is 2.69. The first-order valence-electron chi connectivity index (χ1n) is 5.89. The maximum atomic E-state index is 11.8. The summed E-state index contributed by atoms with van der Waals surface area (Å²) in [5.41, 5.74) is 7.47. The number of nitrogens with zero attached hydrogens (tertiary/aromatic N) is 2. The Morgan fingerprint density at radius 3 is 2.95 bits per heavy atom. The van der Waals surface area contributed by atoms with Gasteiger partial charge < -0.3 is 15.6 Å². The van der Waals surface area contributed by atoms with Crippen molar-refractivity contribution in [3.8, 4) is 6.07 Å². The van der Waals surface area contributed by atoms with Crippen molar-refractivity contribution in [3.05, 3.63) is 48.3 Å². The van der Waals surface area contributed by atoms with Gasteiger partial charge in [0.05, 0.1) is 0 Å². The summed E-state index contributed by atoms with van der Waals surface area (Å²) < 4.78 is 1.75. The van der Waals surface area contributed by atoms with E-state index < -0.39 is 0 Å². The molecule has 1 heterocycles. The number of hydrogen-bond donors (Lipinski definition) is 2. The highest BCUT2D eigenvalue weighted by molar-refractivity contribution is 5.91. The van der Waals surface area contributed by atoms with Crippen LogP contribution in [0.5, 0.6) is 0 Å². The lowest BCUT2D eigenvalue weighted by Gasteiger charge is -2.07. The quantitative estimate of drug-likeness (QED) is 0.818. The van der Waals surface area contributed by atoms with E-state index in [9.17, 15) is 4.79 Å². The Morgan fingerprint density at radius 1 is 1.37 bits per heavy atom. The number of carbonyl (C=O) groups excluding carboxylic acids is 1. The van der Waals surface area contributed by atoms with Crippen LogP contribution in [0.2, 0.25) is 0 Å². The van der Waals surface area contributed by atoms with Gasteiger partial charge in [-0.25, -0.2) is 0 Å². The molecule has 0 aliphatic rings. The van der Waals surface area contributed by atoms with Crippen LogP contribution in [0.4, 0.5) is 11.4 Å². The largest absolute Gasteiger partial charge is 0.399 e. The average Bonchev–Trinajstić information content (AvgIpc) is 2.83. The van der Waals surface area contributed by atoms with E-state index in [0.717, 1.165) is 0 Å². The number of hydrogen-bond acceptors (Lipinski definition) is 3. The highest BCUT2D eigenvalue weighted by Crippen LogP contribution is 2.12. The van der Waals surface area contributed by atoms with Gasteiger partial charge in [-0.2, -0.15) is 5.26 Å². The highest BCUT2D eigenvalue weighted by atomic mass is 16.1. The molecule has 2 rings (SSSR count). The molecule has 0 saturated carbocycles. The SMILES string of the molecule is N#Cc1cccn1CCC(=O)Nc1cccc(N)c1. The van der Waals surface area contributed by atoms with Gasteiger partial charge in [0.25, 0.3) is 0 Å². The molecule has 1 aromatic heterocycles. The van der Waals surface area contributed by atoms with Gasteiger partial charge in [-0.3, -0.25) is 4.79 Å². The molecule has 0 aliphatic heterocycles. The second-order valence-electron chi connectivity index (χ2n) is 4.12. The number of nitrogen functional groups attached to an aromatic ring is 1. The van der Waals surface area contributed by atoms with Gasteiger partial charge in [0.15, 0.2) is 0 Å². The molecule has 5 nitrogen and oxygen atoms in total. The fraction of sp³-hybridized carbons (Fsp3) is 0.143. The van der Waals surface area contributed by atoms with Crippen LogP contribution in [0, 0.1) is 11.3 Å². The Morgan fingerprint density at radius 2 is 2.21 bits per heavy atom. The van der Waals surface area contributed by atoms with Crippen LogP contribution in [0.3, 0.4) is 0 Å². The Bertz CT molecular complexity index is 624. The van der Waals surface area contributed by atoms with Crippen molar-refractivity contribution < 1.29 is 4.79 Å². The van der Waals surface area contributed by atoms with E-state index in [4.69, 9.17) is 11.0 Å². The molecule has 1 amide bonds. The molecule has 0 saturated heterocycles. The fourth-order valence-electron chi connectivity index (χ4n) is 1.77. The van der Waals surface area contributed by atoms with E-state index in [-0.39, 0.29) is 5.91 Å². The lowest BCUT2D eigenvalue weighted by Crippen LogP contribution is -2.14. The van der Waals surface area contributed by atoms with E-state index in [2.05, 4.69) is 11.4 Å². The average molecular weight is 254 g/mol. The summed E-state index contributed by atoms with van der Waals surface area (Å²) in [7, 11) is 0. The molecule has 19 heavy (non-hydrogen) atoms. The number of rotatable bonds is 4. The molecule has 0 spiro atoms. The Labute approximate surface area is 111 Å². The summed E-state index contributed by atoms with van der Waals surface area (Å²) in [6.07, 6.45) is 2.09. The number of anilines is 2. The molecule has 0 aliphatic carbocycles. The zero-order valence-electron chi connectivity index (χ0n) is 10.3. The summed E-state index contributed by atoms with van der Waals surface area (Å²) in [4.78, 5) is 11.8. The fourth-order valence-corrected chi connectivity index (χ4v) is 1.77. The van der Waals surface area contributed by atoms with Gasteiger partial charge in [0.2, 0.25) is 5.91 Å². The second kappa shape index (κ2) is 5.74. The van der Waals surface area contributed by atoms with E-state index >= 15 is 0 Å². The third-order valence-corrected chi connectivity index (χ3v) is 2.69. The molecule has 0 radical (unpaired) electrons. The van der Waals surface area contributed by atoms with Crippen LogP contribution in [-0.2, 0) is 11.3 Å². The number of nitrogens with one attached hydrogen (secondary N) is 1. The molecule has 0 bridgehead atoms. The van der Waals surface area contributed by atoms with Crippen LogP contribution in [-0.4, -0.2) is 10.5 Å². The highest BCUT2D eigenvalue weighted by Gasteiger charge is 2.05. The standard InChI is InChI=1S/C14H14N4O/c15-10-13-5-2-7-18(13)8-6-14(19)17-12-4-1-3-11(16)9-12/h1-5,7,9H,6,8,16H2,(H,17,19).